The molecule has 7 rings (SSSR count). The van der Waals surface area contributed by atoms with E-state index in [4.69, 9.17) is 23.7 Å². The van der Waals surface area contributed by atoms with Crippen LogP contribution in [0.1, 0.15) is 32.6 Å². The van der Waals surface area contributed by atoms with Crippen LogP contribution in [0.15, 0.2) is 0 Å². The Morgan fingerprint density at radius 3 is 2.43 bits per heavy atom. The summed E-state index contributed by atoms with van der Waals surface area (Å²) in [6, 6.07) is 0. The van der Waals surface area contributed by atoms with Crippen LogP contribution in [-0.4, -0.2) is 110 Å². The summed E-state index contributed by atoms with van der Waals surface area (Å²) in [5, 5.41) is 36.5. The van der Waals surface area contributed by atoms with Crippen molar-refractivity contribution >= 4 is 5.97 Å². The molecule has 7 aliphatic rings. The zero-order chi connectivity index (χ0) is 25.1. The van der Waals surface area contributed by atoms with Gasteiger partial charge in [-0.25, -0.2) is 4.90 Å². The van der Waals surface area contributed by atoms with Crippen molar-refractivity contribution in [2.75, 3.05) is 41.6 Å². The van der Waals surface area contributed by atoms with Crippen molar-refractivity contribution < 1.29 is 43.8 Å². The van der Waals surface area contributed by atoms with E-state index >= 15 is 0 Å². The lowest BCUT2D eigenvalue weighted by Crippen LogP contribution is -2.86. The topological polar surface area (TPSA) is 127 Å². The SMILES string of the molecule is CCN1C2OC(=O)[C@]3(CO)CC[C@H](OC)C24[C@@H]2C[C@@H]5[C@H](OC)[C@@H]2[C@](O)(C[C@@H]5OC)[C@]1(O)[C@@H](OC)[C@@H]43. The first-order valence-electron chi connectivity index (χ1n) is 12.9. The zero-order valence-corrected chi connectivity index (χ0v) is 21.2. The lowest BCUT2D eigenvalue weighted by Gasteiger charge is -2.71. The Bertz CT molecular complexity index is 904. The maximum Gasteiger partial charge on any atom is 0.316 e. The van der Waals surface area contributed by atoms with Gasteiger partial charge in [0.2, 0.25) is 0 Å². The number of piperidine rings is 1. The number of nitrogens with zero attached hydrogens (tertiary/aromatic N) is 1. The van der Waals surface area contributed by atoms with Crippen molar-refractivity contribution in [1.82, 2.24) is 4.90 Å². The highest BCUT2D eigenvalue weighted by Gasteiger charge is 2.89. The van der Waals surface area contributed by atoms with Gasteiger partial charge >= 0.3 is 5.97 Å². The number of esters is 1. The van der Waals surface area contributed by atoms with Gasteiger partial charge in [0.15, 0.2) is 12.0 Å². The monoisotopic (exact) mass is 497 g/mol. The largest absolute Gasteiger partial charge is 0.445 e. The van der Waals surface area contributed by atoms with E-state index in [1.54, 1.807) is 26.2 Å². The van der Waals surface area contributed by atoms with Gasteiger partial charge in [0, 0.05) is 59.2 Å². The molecule has 2 unspecified atom stereocenters. The smallest absolute Gasteiger partial charge is 0.316 e. The molecule has 0 aromatic carbocycles. The Balaban J connectivity index is 1.73. The third-order valence-corrected chi connectivity index (χ3v) is 11.3. The number of fused-ring (bicyclic) bond motifs is 1. The number of hydrogen-bond acceptors (Lipinski definition) is 10. The fourth-order valence-electron chi connectivity index (χ4n) is 10.3. The van der Waals surface area contributed by atoms with Crippen molar-refractivity contribution in [3.63, 3.8) is 0 Å². The van der Waals surface area contributed by atoms with Crippen LogP contribution in [-0.2, 0) is 28.5 Å². The third-order valence-electron chi connectivity index (χ3n) is 11.3. The van der Waals surface area contributed by atoms with E-state index in [0.29, 0.717) is 25.8 Å². The Kier molecular flexibility index (Phi) is 5.32. The molecule has 3 heterocycles. The van der Waals surface area contributed by atoms with E-state index in [-0.39, 0.29) is 36.6 Å². The maximum absolute atomic E-state index is 13.6. The Hall–Kier alpha value is -0.850. The van der Waals surface area contributed by atoms with Gasteiger partial charge in [-0.3, -0.25) is 4.79 Å². The van der Waals surface area contributed by atoms with Crippen LogP contribution in [0.25, 0.3) is 0 Å². The molecule has 0 aromatic heterocycles. The normalized spacial score (nSPS) is 58.3. The van der Waals surface area contributed by atoms with Gasteiger partial charge in [-0.15, -0.1) is 0 Å². The predicted octanol–water partition coefficient (Wildman–Crippen LogP) is -0.271. The van der Waals surface area contributed by atoms with Gasteiger partial charge in [0.1, 0.15) is 11.7 Å². The van der Waals surface area contributed by atoms with Crippen molar-refractivity contribution in [2.45, 2.75) is 74.6 Å². The van der Waals surface area contributed by atoms with Crippen LogP contribution < -0.4 is 0 Å². The van der Waals surface area contributed by atoms with Crippen LogP contribution in [0.4, 0.5) is 0 Å². The average Bonchev–Trinajstić information content (AvgIpc) is 3.15. The summed E-state index contributed by atoms with van der Waals surface area (Å²) in [6.07, 6.45) is -1.03. The number of aliphatic hydroxyl groups excluding tert-OH is 1. The minimum atomic E-state index is -1.91. The second-order valence-corrected chi connectivity index (χ2v) is 11.6. The first-order chi connectivity index (χ1) is 16.7. The number of ether oxygens (including phenoxy) is 5. The van der Waals surface area contributed by atoms with Gasteiger partial charge in [-0.1, -0.05) is 6.92 Å². The lowest BCUT2D eigenvalue weighted by atomic mass is 9.44. The summed E-state index contributed by atoms with van der Waals surface area (Å²) in [4.78, 5) is 15.4. The predicted molar refractivity (Wildman–Crippen MR) is 120 cm³/mol. The Labute approximate surface area is 205 Å². The van der Waals surface area contributed by atoms with Crippen molar-refractivity contribution in [1.29, 1.82) is 0 Å². The molecule has 7 bridgehead atoms. The first kappa shape index (κ1) is 24.5. The van der Waals surface area contributed by atoms with Crippen molar-refractivity contribution in [3.8, 4) is 0 Å². The number of hydrogen-bond donors (Lipinski definition) is 3. The van der Waals surface area contributed by atoms with Crippen molar-refractivity contribution in [3.05, 3.63) is 0 Å². The fourth-order valence-corrected chi connectivity index (χ4v) is 10.3. The van der Waals surface area contributed by atoms with Gasteiger partial charge in [0.05, 0.1) is 35.7 Å². The molecular formula is C25H39NO9. The standard InChI is InChI=1S/C25H39NO9/c1-6-26-20-24-13-9-12-14(31-2)10-23(29,16(13)17(12)33-4)25(26,30)19(34-5)18(24)22(11-27,21(28)35-20)8-7-15(24)32-3/h12-20,27,29-30H,6-11H2,1-5H3/t12-,13+,14-,15-,16+,17-,18+,19-,20?,22-,23+,24?,25+/m0/s1. The molecule has 3 N–H and O–H groups in total. The molecule has 10 nitrogen and oxygen atoms in total. The molecule has 1 spiro atoms. The summed E-state index contributed by atoms with van der Waals surface area (Å²) in [6.45, 7) is 1.78. The van der Waals surface area contributed by atoms with Gasteiger partial charge in [0.25, 0.3) is 0 Å². The summed E-state index contributed by atoms with van der Waals surface area (Å²) >= 11 is 0. The minimum Gasteiger partial charge on any atom is -0.445 e. The Morgan fingerprint density at radius 2 is 1.86 bits per heavy atom. The van der Waals surface area contributed by atoms with Gasteiger partial charge < -0.3 is 39.0 Å². The first-order valence-corrected chi connectivity index (χ1v) is 12.9. The molecule has 3 saturated heterocycles. The van der Waals surface area contributed by atoms with Crippen LogP contribution in [0.3, 0.4) is 0 Å². The number of rotatable bonds is 6. The molecule has 0 aromatic rings. The van der Waals surface area contributed by atoms with E-state index in [2.05, 4.69) is 0 Å². The van der Waals surface area contributed by atoms with Crippen molar-refractivity contribution in [2.24, 2.45) is 34.5 Å². The molecule has 35 heavy (non-hydrogen) atoms. The Morgan fingerprint density at radius 1 is 1.11 bits per heavy atom. The molecule has 4 aliphatic carbocycles. The van der Waals surface area contributed by atoms with E-state index in [9.17, 15) is 20.1 Å². The van der Waals surface area contributed by atoms with E-state index < -0.39 is 58.9 Å². The van der Waals surface area contributed by atoms with E-state index in [0.717, 1.165) is 0 Å². The molecule has 4 saturated carbocycles. The number of likely N-dealkylation sites (N-methyl/N-ethyl adjacent to an activating group) is 1. The summed E-state index contributed by atoms with van der Waals surface area (Å²) in [5.41, 5.74) is -5.66. The average molecular weight is 498 g/mol. The highest BCUT2D eigenvalue weighted by molar-refractivity contribution is 5.80. The molecule has 0 amide bonds. The maximum atomic E-state index is 13.6. The molecule has 10 heteroatoms. The highest BCUT2D eigenvalue weighted by atomic mass is 16.6. The second kappa shape index (κ2) is 7.60. The summed E-state index contributed by atoms with van der Waals surface area (Å²) < 4.78 is 30.5. The van der Waals surface area contributed by atoms with Crippen LogP contribution in [0.2, 0.25) is 0 Å². The minimum absolute atomic E-state index is 0.00746. The number of carbonyl (C=O) groups excluding carboxylic acids is 1. The van der Waals surface area contributed by atoms with Gasteiger partial charge in [-0.2, -0.15) is 0 Å². The zero-order valence-electron chi connectivity index (χ0n) is 21.2. The summed E-state index contributed by atoms with van der Waals surface area (Å²) in [7, 11) is 6.46. The highest BCUT2D eigenvalue weighted by Crippen LogP contribution is 2.77. The van der Waals surface area contributed by atoms with Crippen LogP contribution >= 0.6 is 0 Å². The van der Waals surface area contributed by atoms with Crippen LogP contribution in [0, 0.1) is 34.5 Å². The molecule has 198 valence electrons. The molecule has 13 atom stereocenters. The lowest BCUT2D eigenvalue weighted by molar-refractivity contribution is -0.407. The fraction of sp³-hybridized carbons (Fsp3) is 0.960. The molecule has 3 aliphatic heterocycles. The molecular weight excluding hydrogens is 458 g/mol. The number of methoxy groups -OCH3 is 4. The number of carbonyl (C=O) groups is 1. The van der Waals surface area contributed by atoms with Gasteiger partial charge in [-0.05, 0) is 25.2 Å². The van der Waals surface area contributed by atoms with E-state index in [1.165, 1.54) is 7.11 Å². The van der Waals surface area contributed by atoms with Crippen LogP contribution in [0.5, 0.6) is 0 Å². The summed E-state index contributed by atoms with van der Waals surface area (Å²) in [5.74, 6) is -1.74. The molecule has 7 fully saturated rings. The molecule has 0 radical (unpaired) electrons. The second-order valence-electron chi connectivity index (χ2n) is 11.6. The van der Waals surface area contributed by atoms with E-state index in [1.807, 2.05) is 6.92 Å². The number of aliphatic hydroxyl groups is 3. The quantitative estimate of drug-likeness (QED) is 0.422. The third kappa shape index (κ3) is 2.30.